The molecule has 0 aliphatic heterocycles. The van der Waals surface area contributed by atoms with Gasteiger partial charge in [-0.05, 0) is 6.92 Å². The number of hydrogen-bond donors (Lipinski definition) is 2. The molecule has 26 heavy (non-hydrogen) atoms. The summed E-state index contributed by atoms with van der Waals surface area (Å²) in [6, 6.07) is 0.476. The highest BCUT2D eigenvalue weighted by atomic mass is 35.5. The molecule has 0 aliphatic carbocycles. The first-order valence-electron chi connectivity index (χ1n) is 7.01. The molecular formula is C13H12ClN7O4S. The van der Waals surface area contributed by atoms with Crippen LogP contribution in [0.2, 0.25) is 5.15 Å². The van der Waals surface area contributed by atoms with Crippen molar-refractivity contribution in [1.29, 1.82) is 0 Å². The minimum atomic E-state index is -4.33. The Morgan fingerprint density at radius 3 is 2.81 bits per heavy atom. The lowest BCUT2D eigenvalue weighted by Gasteiger charge is -2.09. The molecule has 0 radical (unpaired) electrons. The largest absolute Gasteiger partial charge is 0.481 e. The van der Waals surface area contributed by atoms with Crippen molar-refractivity contribution in [1.82, 2.24) is 29.1 Å². The molecule has 0 saturated carbocycles. The van der Waals surface area contributed by atoms with E-state index in [1.807, 2.05) is 4.72 Å². The normalized spacial score (nSPS) is 11.3. The average molecular weight is 398 g/mol. The smallest absolute Gasteiger partial charge is 0.335 e. The fourth-order valence-electron chi connectivity index (χ4n) is 2.09. The van der Waals surface area contributed by atoms with Gasteiger partial charge in [0.25, 0.3) is 10.0 Å². The number of nitrogens with one attached hydrogen (secondary N) is 2. The molecule has 2 N–H and O–H groups in total. The lowest BCUT2D eigenvalue weighted by atomic mass is 10.4. The third-order valence-electron chi connectivity index (χ3n) is 3.09. The van der Waals surface area contributed by atoms with Crippen molar-refractivity contribution in [2.45, 2.75) is 11.9 Å². The molecule has 13 heteroatoms. The van der Waals surface area contributed by atoms with Crippen LogP contribution in [-0.4, -0.2) is 45.9 Å². The van der Waals surface area contributed by atoms with Gasteiger partial charge in [-0.3, -0.25) is 14.7 Å². The monoisotopic (exact) mass is 397 g/mol. The standard InChI is InChI=1S/C13H12ClN7O4S/c1-7-5-9(25-2)18-12(16-7)19-13(22)20-26(23,24)11-10(14)17-8-6-15-3-4-21(8)11/h3-6H,1-2H3,(H2,16,18,19,20,22). The van der Waals surface area contributed by atoms with Crippen molar-refractivity contribution in [3.8, 4) is 5.88 Å². The number of anilines is 1. The molecule has 0 aromatic carbocycles. The molecule has 0 spiro atoms. The fraction of sp³-hybridized carbons (Fsp3) is 0.154. The van der Waals surface area contributed by atoms with Crippen LogP contribution in [0.3, 0.4) is 0 Å². The number of carbonyl (C=O) groups is 1. The van der Waals surface area contributed by atoms with Crippen LogP contribution >= 0.6 is 11.6 Å². The maximum absolute atomic E-state index is 12.5. The van der Waals surface area contributed by atoms with Crippen LogP contribution in [0.5, 0.6) is 5.88 Å². The number of nitrogens with zero attached hydrogens (tertiary/aromatic N) is 5. The number of fused-ring (bicyclic) bond motifs is 1. The third-order valence-corrected chi connectivity index (χ3v) is 4.82. The van der Waals surface area contributed by atoms with E-state index in [-0.39, 0.29) is 22.6 Å². The van der Waals surface area contributed by atoms with Crippen LogP contribution in [0.4, 0.5) is 10.7 Å². The molecule has 0 unspecified atom stereocenters. The Balaban J connectivity index is 1.86. The van der Waals surface area contributed by atoms with Gasteiger partial charge in [0.15, 0.2) is 15.8 Å². The molecule has 3 aromatic rings. The number of rotatable bonds is 4. The van der Waals surface area contributed by atoms with Gasteiger partial charge in [-0.1, -0.05) is 11.6 Å². The second kappa shape index (κ2) is 6.72. The van der Waals surface area contributed by atoms with Gasteiger partial charge in [0.2, 0.25) is 11.8 Å². The molecule has 3 aromatic heterocycles. The molecule has 3 heterocycles. The molecule has 11 nitrogen and oxygen atoms in total. The summed E-state index contributed by atoms with van der Waals surface area (Å²) in [6.07, 6.45) is 4.05. The van der Waals surface area contributed by atoms with Crippen molar-refractivity contribution < 1.29 is 17.9 Å². The van der Waals surface area contributed by atoms with Crippen LogP contribution in [0.1, 0.15) is 5.69 Å². The third kappa shape index (κ3) is 3.50. The minimum absolute atomic E-state index is 0.122. The van der Waals surface area contributed by atoms with Crippen LogP contribution < -0.4 is 14.8 Å². The second-order valence-corrected chi connectivity index (χ2v) is 6.90. The van der Waals surface area contributed by atoms with Crippen molar-refractivity contribution in [3.05, 3.63) is 35.5 Å². The Bertz CT molecular complexity index is 1100. The summed E-state index contributed by atoms with van der Waals surface area (Å²) in [6.45, 7) is 1.66. The summed E-state index contributed by atoms with van der Waals surface area (Å²) in [5.74, 6) is 0.0935. The number of aromatic nitrogens is 5. The Hall–Kier alpha value is -2.99. The number of aryl methyl sites for hydroxylation is 1. The summed E-state index contributed by atoms with van der Waals surface area (Å²) >= 11 is 5.90. The number of halogens is 1. The van der Waals surface area contributed by atoms with E-state index in [0.29, 0.717) is 5.69 Å². The van der Waals surface area contributed by atoms with E-state index >= 15 is 0 Å². The number of carbonyl (C=O) groups excluding carboxylic acids is 1. The Kier molecular flexibility index (Phi) is 4.61. The lowest BCUT2D eigenvalue weighted by Crippen LogP contribution is -2.35. The first-order chi connectivity index (χ1) is 12.3. The van der Waals surface area contributed by atoms with Gasteiger partial charge >= 0.3 is 6.03 Å². The number of amides is 2. The molecule has 0 aliphatic rings. The highest BCUT2D eigenvalue weighted by molar-refractivity contribution is 7.90. The zero-order valence-corrected chi connectivity index (χ0v) is 15.0. The highest BCUT2D eigenvalue weighted by Crippen LogP contribution is 2.22. The summed E-state index contributed by atoms with van der Waals surface area (Å²) < 4.78 is 33.0. The Morgan fingerprint density at radius 1 is 1.31 bits per heavy atom. The van der Waals surface area contributed by atoms with Gasteiger partial charge in [-0.25, -0.2) is 19.5 Å². The SMILES string of the molecule is COc1cc(C)nc(NC(=O)NS(=O)(=O)c2c(Cl)nc3cnccn23)n1. The molecule has 0 saturated heterocycles. The minimum Gasteiger partial charge on any atom is -0.481 e. The topological polar surface area (TPSA) is 140 Å². The molecule has 3 rings (SSSR count). The summed E-state index contributed by atoms with van der Waals surface area (Å²) in [5, 5.41) is 1.53. The Labute approximate surface area is 152 Å². The van der Waals surface area contributed by atoms with Crippen molar-refractivity contribution in [2.24, 2.45) is 0 Å². The lowest BCUT2D eigenvalue weighted by molar-refractivity contribution is 0.256. The predicted molar refractivity (Wildman–Crippen MR) is 90.7 cm³/mol. The maximum Gasteiger partial charge on any atom is 0.335 e. The number of ether oxygens (including phenoxy) is 1. The quantitative estimate of drug-likeness (QED) is 0.664. The van der Waals surface area contributed by atoms with Gasteiger partial charge in [0, 0.05) is 24.2 Å². The van der Waals surface area contributed by atoms with Crippen LogP contribution in [0.25, 0.3) is 5.65 Å². The van der Waals surface area contributed by atoms with Gasteiger partial charge in [-0.15, -0.1) is 0 Å². The first-order valence-corrected chi connectivity index (χ1v) is 8.87. The summed E-state index contributed by atoms with van der Waals surface area (Å²) in [4.78, 5) is 27.7. The summed E-state index contributed by atoms with van der Waals surface area (Å²) in [5.41, 5.74) is 0.734. The molecular weight excluding hydrogens is 386 g/mol. The summed E-state index contributed by atoms with van der Waals surface area (Å²) in [7, 11) is -2.93. The van der Waals surface area contributed by atoms with E-state index in [9.17, 15) is 13.2 Å². The molecule has 0 atom stereocenters. The van der Waals surface area contributed by atoms with Crippen LogP contribution in [0, 0.1) is 6.92 Å². The molecule has 136 valence electrons. The van der Waals surface area contributed by atoms with E-state index < -0.39 is 21.1 Å². The van der Waals surface area contributed by atoms with E-state index in [1.54, 1.807) is 13.0 Å². The van der Waals surface area contributed by atoms with Gasteiger partial charge in [0.05, 0.1) is 13.3 Å². The van der Waals surface area contributed by atoms with Crippen molar-refractivity contribution >= 4 is 39.3 Å². The van der Waals surface area contributed by atoms with Gasteiger partial charge < -0.3 is 4.74 Å². The zero-order chi connectivity index (χ0) is 18.9. The number of hydrogen-bond acceptors (Lipinski definition) is 8. The molecule has 0 fully saturated rings. The number of imidazole rings is 1. The first kappa shape index (κ1) is 17.8. The van der Waals surface area contributed by atoms with E-state index in [2.05, 4.69) is 25.3 Å². The second-order valence-electron chi connectivity index (χ2n) is 4.95. The Morgan fingerprint density at radius 2 is 2.08 bits per heavy atom. The van der Waals surface area contributed by atoms with Gasteiger partial charge in [0.1, 0.15) is 0 Å². The van der Waals surface area contributed by atoms with Crippen LogP contribution in [-0.2, 0) is 10.0 Å². The van der Waals surface area contributed by atoms with Crippen molar-refractivity contribution in [2.75, 3.05) is 12.4 Å². The van der Waals surface area contributed by atoms with E-state index in [0.717, 1.165) is 0 Å². The van der Waals surface area contributed by atoms with Gasteiger partial charge in [-0.2, -0.15) is 13.4 Å². The number of sulfonamides is 1. The predicted octanol–water partition coefficient (Wildman–Crippen LogP) is 1.00. The maximum atomic E-state index is 12.5. The van der Waals surface area contributed by atoms with E-state index in [1.165, 1.54) is 30.1 Å². The van der Waals surface area contributed by atoms with E-state index in [4.69, 9.17) is 16.3 Å². The highest BCUT2D eigenvalue weighted by Gasteiger charge is 2.27. The average Bonchev–Trinajstić information content (AvgIpc) is 2.89. The number of urea groups is 1. The van der Waals surface area contributed by atoms with Crippen molar-refractivity contribution in [3.63, 3.8) is 0 Å². The fourth-order valence-corrected chi connectivity index (χ4v) is 3.65. The van der Waals surface area contributed by atoms with Crippen LogP contribution in [0.15, 0.2) is 29.7 Å². The number of methoxy groups -OCH3 is 1. The zero-order valence-electron chi connectivity index (χ0n) is 13.5. The molecule has 0 bridgehead atoms. The molecule has 2 amide bonds.